The van der Waals surface area contributed by atoms with Gasteiger partial charge in [0.05, 0.1) is 5.69 Å². The summed E-state index contributed by atoms with van der Waals surface area (Å²) in [6.07, 6.45) is 2.95. The highest BCUT2D eigenvalue weighted by Crippen LogP contribution is 2.30. The number of pyridine rings is 1. The normalized spacial score (nSPS) is 10.7. The number of rotatable bonds is 2. The molecule has 0 aliphatic rings. The first-order valence-electron chi connectivity index (χ1n) is 5.93. The van der Waals surface area contributed by atoms with E-state index in [-0.39, 0.29) is 0 Å². The van der Waals surface area contributed by atoms with Crippen molar-refractivity contribution in [2.75, 3.05) is 0 Å². The van der Waals surface area contributed by atoms with Crippen molar-refractivity contribution in [3.63, 3.8) is 0 Å². The number of hydrogen-bond donors (Lipinski definition) is 0. The molecule has 0 unspecified atom stereocenters. The molecule has 88 valence electrons. The van der Waals surface area contributed by atoms with Gasteiger partial charge in [-0.25, -0.2) is 0 Å². The van der Waals surface area contributed by atoms with Crippen molar-refractivity contribution in [3.05, 3.63) is 65.9 Å². The van der Waals surface area contributed by atoms with Crippen molar-refractivity contribution in [1.82, 2.24) is 4.40 Å². The van der Waals surface area contributed by atoms with Crippen LogP contribution in [-0.2, 0) is 0 Å². The lowest BCUT2D eigenvalue weighted by molar-refractivity contribution is 0.112. The Balaban J connectivity index is 2.44. The number of aromatic nitrogens is 1. The van der Waals surface area contributed by atoms with Crippen LogP contribution >= 0.6 is 0 Å². The molecule has 3 rings (SSSR count). The predicted octanol–water partition coefficient (Wildman–Crippen LogP) is 3.73. The molecule has 2 aromatic heterocycles. The van der Waals surface area contributed by atoms with Crippen LogP contribution < -0.4 is 0 Å². The Bertz CT molecular complexity index is 711. The summed E-state index contributed by atoms with van der Waals surface area (Å²) in [5.41, 5.74) is 4.92. The maximum absolute atomic E-state index is 11.4. The molecular weight excluding hydrogens is 222 g/mol. The summed E-state index contributed by atoms with van der Waals surface area (Å²) < 4.78 is 2.08. The van der Waals surface area contributed by atoms with E-state index in [1.54, 1.807) is 0 Å². The van der Waals surface area contributed by atoms with Gasteiger partial charge in [-0.3, -0.25) is 4.79 Å². The molecule has 0 fully saturated rings. The fourth-order valence-corrected chi connectivity index (χ4v) is 2.42. The molecule has 0 radical (unpaired) electrons. The number of aldehydes is 1. The van der Waals surface area contributed by atoms with E-state index >= 15 is 0 Å². The average Bonchev–Trinajstić information content (AvgIpc) is 2.73. The zero-order valence-corrected chi connectivity index (χ0v) is 10.1. The lowest BCUT2D eigenvalue weighted by atomic mass is 10.1. The molecule has 1 aromatic carbocycles. The molecule has 2 heterocycles. The van der Waals surface area contributed by atoms with Crippen molar-refractivity contribution in [3.8, 4) is 11.3 Å². The van der Waals surface area contributed by atoms with Gasteiger partial charge in [0.25, 0.3) is 0 Å². The van der Waals surface area contributed by atoms with Gasteiger partial charge in [0.1, 0.15) is 0 Å². The van der Waals surface area contributed by atoms with Crippen LogP contribution in [0.3, 0.4) is 0 Å². The molecule has 0 saturated heterocycles. The Kier molecular flexibility index (Phi) is 2.49. The van der Waals surface area contributed by atoms with E-state index in [2.05, 4.69) is 4.40 Å². The zero-order valence-electron chi connectivity index (χ0n) is 10.1. The zero-order chi connectivity index (χ0) is 12.5. The molecule has 0 bridgehead atoms. The van der Waals surface area contributed by atoms with Crippen LogP contribution in [0.4, 0.5) is 0 Å². The minimum absolute atomic E-state index is 0.771. The number of carbonyl (C=O) groups is 1. The van der Waals surface area contributed by atoms with E-state index in [1.807, 2.05) is 61.7 Å². The fraction of sp³-hybridized carbons (Fsp3) is 0.0625. The standard InChI is InChI=1S/C16H13NO/c1-12-14(11-18)16(13-7-3-2-4-8-13)17-10-6-5-9-15(12)17/h2-11H,1H3. The molecule has 18 heavy (non-hydrogen) atoms. The molecule has 0 amide bonds. The summed E-state index contributed by atoms with van der Waals surface area (Å²) in [6, 6.07) is 16.0. The maximum Gasteiger partial charge on any atom is 0.152 e. The van der Waals surface area contributed by atoms with Crippen molar-refractivity contribution in [1.29, 1.82) is 0 Å². The van der Waals surface area contributed by atoms with Gasteiger partial charge in [0.2, 0.25) is 0 Å². The number of carbonyl (C=O) groups excluding carboxylic acids is 1. The summed E-state index contributed by atoms with van der Waals surface area (Å²) in [6.45, 7) is 1.99. The first-order valence-corrected chi connectivity index (χ1v) is 5.93. The van der Waals surface area contributed by atoms with E-state index in [0.717, 1.165) is 34.2 Å². The monoisotopic (exact) mass is 235 g/mol. The summed E-state index contributed by atoms with van der Waals surface area (Å²) in [5.74, 6) is 0. The number of fused-ring (bicyclic) bond motifs is 1. The molecule has 2 nitrogen and oxygen atoms in total. The second kappa shape index (κ2) is 4.15. The average molecular weight is 235 g/mol. The van der Waals surface area contributed by atoms with Crippen molar-refractivity contribution in [2.45, 2.75) is 6.92 Å². The summed E-state index contributed by atoms with van der Waals surface area (Å²) in [5, 5.41) is 0. The molecule has 0 aliphatic heterocycles. The van der Waals surface area contributed by atoms with Crippen LogP contribution in [0, 0.1) is 6.92 Å². The Morgan fingerprint density at radius 3 is 2.44 bits per heavy atom. The topological polar surface area (TPSA) is 21.5 Å². The van der Waals surface area contributed by atoms with Crippen molar-refractivity contribution >= 4 is 11.8 Å². The summed E-state index contributed by atoms with van der Waals surface area (Å²) >= 11 is 0. The molecule has 0 aliphatic carbocycles. The van der Waals surface area contributed by atoms with Gasteiger partial charge in [0.15, 0.2) is 6.29 Å². The van der Waals surface area contributed by atoms with Crippen molar-refractivity contribution < 1.29 is 4.79 Å². The SMILES string of the molecule is Cc1c(C=O)c(-c2ccccc2)n2ccccc12. The van der Waals surface area contributed by atoms with E-state index in [0.29, 0.717) is 0 Å². The number of benzene rings is 1. The highest BCUT2D eigenvalue weighted by atomic mass is 16.1. The van der Waals surface area contributed by atoms with Gasteiger partial charge in [-0.05, 0) is 30.2 Å². The minimum atomic E-state index is 0.771. The number of hydrogen-bond acceptors (Lipinski definition) is 1. The lowest BCUT2D eigenvalue weighted by Crippen LogP contribution is -1.89. The Hall–Kier alpha value is -2.35. The van der Waals surface area contributed by atoms with Crippen LogP contribution in [0.25, 0.3) is 16.8 Å². The molecule has 0 N–H and O–H groups in total. The predicted molar refractivity (Wildman–Crippen MR) is 73.0 cm³/mol. The minimum Gasteiger partial charge on any atom is -0.316 e. The Morgan fingerprint density at radius 1 is 1.00 bits per heavy atom. The third-order valence-electron chi connectivity index (χ3n) is 3.31. The van der Waals surface area contributed by atoms with Crippen molar-refractivity contribution in [2.24, 2.45) is 0 Å². The van der Waals surface area contributed by atoms with Crippen LogP contribution in [0.15, 0.2) is 54.7 Å². The van der Waals surface area contributed by atoms with E-state index in [1.165, 1.54) is 0 Å². The van der Waals surface area contributed by atoms with Crippen LogP contribution in [0.2, 0.25) is 0 Å². The second-order valence-corrected chi connectivity index (χ2v) is 4.33. The third-order valence-corrected chi connectivity index (χ3v) is 3.31. The number of aryl methyl sites for hydroxylation is 1. The molecular formula is C16H13NO. The first kappa shape index (κ1) is 10.8. The first-order chi connectivity index (χ1) is 8.83. The molecule has 0 spiro atoms. The fourth-order valence-electron chi connectivity index (χ4n) is 2.42. The quantitative estimate of drug-likeness (QED) is 0.620. The highest BCUT2D eigenvalue weighted by Gasteiger charge is 2.15. The molecule has 2 heteroatoms. The third kappa shape index (κ3) is 1.46. The summed E-state index contributed by atoms with van der Waals surface area (Å²) in [7, 11) is 0. The molecule has 0 atom stereocenters. The molecule has 3 aromatic rings. The van der Waals surface area contributed by atoms with Crippen LogP contribution in [0.1, 0.15) is 15.9 Å². The van der Waals surface area contributed by atoms with E-state index in [4.69, 9.17) is 0 Å². The van der Waals surface area contributed by atoms with Gasteiger partial charge < -0.3 is 4.40 Å². The second-order valence-electron chi connectivity index (χ2n) is 4.33. The van der Waals surface area contributed by atoms with Gasteiger partial charge in [-0.15, -0.1) is 0 Å². The summed E-state index contributed by atoms with van der Waals surface area (Å²) in [4.78, 5) is 11.4. The van der Waals surface area contributed by atoms with E-state index in [9.17, 15) is 4.79 Å². The van der Waals surface area contributed by atoms with Gasteiger partial charge >= 0.3 is 0 Å². The Morgan fingerprint density at radius 2 is 1.72 bits per heavy atom. The van der Waals surface area contributed by atoms with Gasteiger partial charge in [-0.1, -0.05) is 36.4 Å². The molecule has 0 saturated carbocycles. The number of nitrogens with zero attached hydrogens (tertiary/aromatic N) is 1. The largest absolute Gasteiger partial charge is 0.316 e. The Labute approximate surface area is 105 Å². The van der Waals surface area contributed by atoms with Crippen LogP contribution in [-0.4, -0.2) is 10.7 Å². The highest BCUT2D eigenvalue weighted by molar-refractivity contribution is 5.93. The smallest absolute Gasteiger partial charge is 0.152 e. The maximum atomic E-state index is 11.4. The van der Waals surface area contributed by atoms with E-state index < -0.39 is 0 Å². The van der Waals surface area contributed by atoms with Crippen LogP contribution in [0.5, 0.6) is 0 Å². The lowest BCUT2D eigenvalue weighted by Gasteiger charge is -2.03. The van der Waals surface area contributed by atoms with Gasteiger partial charge in [0, 0.05) is 17.3 Å². The van der Waals surface area contributed by atoms with Gasteiger partial charge in [-0.2, -0.15) is 0 Å².